The number of unbranched alkanes of at least 4 members (excludes halogenated alkanes) is 2. The van der Waals surface area contributed by atoms with Crippen molar-refractivity contribution in [3.8, 4) is 11.5 Å². The summed E-state index contributed by atoms with van der Waals surface area (Å²) >= 11 is 0. The normalized spacial score (nSPS) is 11.4. The third-order valence-electron chi connectivity index (χ3n) is 2.85. The lowest BCUT2D eigenvalue weighted by Gasteiger charge is -2.13. The summed E-state index contributed by atoms with van der Waals surface area (Å²) in [6.07, 6.45) is 3.61. The molecule has 0 N–H and O–H groups in total. The lowest BCUT2D eigenvalue weighted by Crippen LogP contribution is -2.03. The number of hydrogen-bond donors (Lipinski definition) is 0. The molecular weight excluding hydrogens is 288 g/mol. The Morgan fingerprint density at radius 2 is 1.84 bits per heavy atom. The van der Waals surface area contributed by atoms with Crippen LogP contribution in [0.3, 0.4) is 0 Å². The Labute approximate surface area is 119 Å². The van der Waals surface area contributed by atoms with Gasteiger partial charge in [0.2, 0.25) is 0 Å². The first kappa shape index (κ1) is 16.1. The van der Waals surface area contributed by atoms with Gasteiger partial charge >= 0.3 is 0 Å². The van der Waals surface area contributed by atoms with Crippen LogP contribution in [0.25, 0.3) is 0 Å². The molecule has 0 unspecified atom stereocenters. The fourth-order valence-corrected chi connectivity index (χ4v) is 3.31. The minimum absolute atomic E-state index is 0.0496. The average Bonchev–Trinajstić information content (AvgIpc) is 2.36. The van der Waals surface area contributed by atoms with E-state index in [-0.39, 0.29) is 10.6 Å². The van der Waals surface area contributed by atoms with Crippen LogP contribution in [-0.4, -0.2) is 22.6 Å². The Morgan fingerprint density at radius 3 is 2.32 bits per heavy atom. The Hall–Kier alpha value is -0.940. The van der Waals surface area contributed by atoms with Gasteiger partial charge in [-0.05, 0) is 24.5 Å². The number of methoxy groups -OCH3 is 2. The molecule has 0 saturated carbocycles. The van der Waals surface area contributed by atoms with Crippen LogP contribution in [0.15, 0.2) is 17.0 Å². The first-order valence-corrected chi connectivity index (χ1v) is 8.44. The van der Waals surface area contributed by atoms with E-state index < -0.39 is 9.05 Å². The molecule has 0 fully saturated rings. The van der Waals surface area contributed by atoms with E-state index in [1.54, 1.807) is 6.07 Å². The molecule has 0 amide bonds. The molecule has 4 nitrogen and oxygen atoms in total. The van der Waals surface area contributed by atoms with Gasteiger partial charge in [0, 0.05) is 16.7 Å². The van der Waals surface area contributed by atoms with Gasteiger partial charge in [-0.2, -0.15) is 0 Å². The molecule has 0 atom stereocenters. The molecule has 0 aromatic heterocycles. The summed E-state index contributed by atoms with van der Waals surface area (Å²) in [5.74, 6) is 0.785. The summed E-state index contributed by atoms with van der Waals surface area (Å²) in [6.45, 7) is 2.09. The van der Waals surface area contributed by atoms with E-state index in [2.05, 4.69) is 6.92 Å². The van der Waals surface area contributed by atoms with Gasteiger partial charge < -0.3 is 9.47 Å². The zero-order valence-corrected chi connectivity index (χ0v) is 13.0. The summed E-state index contributed by atoms with van der Waals surface area (Å²) in [5.41, 5.74) is 0.639. The molecule has 1 aromatic carbocycles. The van der Waals surface area contributed by atoms with Crippen LogP contribution in [0, 0.1) is 0 Å². The highest BCUT2D eigenvalue weighted by molar-refractivity contribution is 8.13. The van der Waals surface area contributed by atoms with E-state index in [1.165, 1.54) is 20.3 Å². The summed E-state index contributed by atoms with van der Waals surface area (Å²) in [6, 6.07) is 3.23. The van der Waals surface area contributed by atoms with Gasteiger partial charge in [-0.25, -0.2) is 8.42 Å². The topological polar surface area (TPSA) is 52.6 Å². The van der Waals surface area contributed by atoms with Gasteiger partial charge in [0.15, 0.2) is 0 Å². The van der Waals surface area contributed by atoms with Crippen LogP contribution in [0.5, 0.6) is 11.5 Å². The fourth-order valence-electron chi connectivity index (χ4n) is 1.93. The standard InChI is InChI=1S/C13H19ClO4S/c1-4-5-6-7-10-8-11(17-2)9-12(18-3)13(10)19(14,15)16/h8-9H,4-7H2,1-3H3. The zero-order valence-electron chi connectivity index (χ0n) is 11.4. The van der Waals surface area contributed by atoms with Crippen molar-refractivity contribution in [1.82, 2.24) is 0 Å². The molecule has 6 heteroatoms. The van der Waals surface area contributed by atoms with Crippen molar-refractivity contribution >= 4 is 19.7 Å². The van der Waals surface area contributed by atoms with Crippen LogP contribution < -0.4 is 9.47 Å². The summed E-state index contributed by atoms with van der Waals surface area (Å²) in [4.78, 5) is 0.0496. The predicted molar refractivity (Wildman–Crippen MR) is 75.8 cm³/mol. The van der Waals surface area contributed by atoms with Crippen LogP contribution >= 0.6 is 10.7 Å². The van der Waals surface area contributed by atoms with Gasteiger partial charge in [0.25, 0.3) is 9.05 Å². The molecule has 0 aliphatic heterocycles. The minimum Gasteiger partial charge on any atom is -0.497 e. The van der Waals surface area contributed by atoms with Crippen LogP contribution in [0.4, 0.5) is 0 Å². The monoisotopic (exact) mass is 306 g/mol. The number of benzene rings is 1. The van der Waals surface area contributed by atoms with Crippen molar-refractivity contribution in [2.75, 3.05) is 14.2 Å². The van der Waals surface area contributed by atoms with Gasteiger partial charge in [-0.15, -0.1) is 0 Å². The molecule has 0 spiro atoms. The highest BCUT2D eigenvalue weighted by Crippen LogP contribution is 2.35. The number of hydrogen-bond acceptors (Lipinski definition) is 4. The van der Waals surface area contributed by atoms with E-state index >= 15 is 0 Å². The quantitative estimate of drug-likeness (QED) is 0.572. The van der Waals surface area contributed by atoms with Gasteiger partial charge in [0.1, 0.15) is 16.4 Å². The molecule has 0 saturated heterocycles. The molecule has 0 heterocycles. The molecule has 0 aliphatic carbocycles. The number of halogens is 1. The Bertz CT molecular complexity index is 526. The lowest BCUT2D eigenvalue weighted by atomic mass is 10.1. The van der Waals surface area contributed by atoms with E-state index in [9.17, 15) is 8.42 Å². The van der Waals surface area contributed by atoms with E-state index in [1.807, 2.05) is 0 Å². The SMILES string of the molecule is CCCCCc1cc(OC)cc(OC)c1S(=O)(=O)Cl. The molecule has 0 bridgehead atoms. The van der Waals surface area contributed by atoms with Crippen molar-refractivity contribution in [3.63, 3.8) is 0 Å². The Morgan fingerprint density at radius 1 is 1.16 bits per heavy atom. The van der Waals surface area contributed by atoms with Crippen LogP contribution in [0.2, 0.25) is 0 Å². The van der Waals surface area contributed by atoms with E-state index in [0.717, 1.165) is 19.3 Å². The highest BCUT2D eigenvalue weighted by atomic mass is 35.7. The molecule has 19 heavy (non-hydrogen) atoms. The summed E-state index contributed by atoms with van der Waals surface area (Å²) in [5, 5.41) is 0. The highest BCUT2D eigenvalue weighted by Gasteiger charge is 2.22. The molecule has 0 aliphatic rings. The van der Waals surface area contributed by atoms with Gasteiger partial charge in [0.05, 0.1) is 14.2 Å². The smallest absolute Gasteiger partial charge is 0.265 e. The van der Waals surface area contributed by atoms with Crippen molar-refractivity contribution < 1.29 is 17.9 Å². The van der Waals surface area contributed by atoms with Gasteiger partial charge in [-0.3, -0.25) is 0 Å². The second-order valence-electron chi connectivity index (χ2n) is 4.21. The molecular formula is C13H19ClO4S. The number of rotatable bonds is 7. The maximum absolute atomic E-state index is 11.7. The number of aryl methyl sites for hydroxylation is 1. The maximum atomic E-state index is 11.7. The van der Waals surface area contributed by atoms with Crippen molar-refractivity contribution in [3.05, 3.63) is 17.7 Å². The van der Waals surface area contributed by atoms with Crippen LogP contribution in [0.1, 0.15) is 31.7 Å². The fraction of sp³-hybridized carbons (Fsp3) is 0.538. The third-order valence-corrected chi connectivity index (χ3v) is 4.27. The van der Waals surface area contributed by atoms with Crippen molar-refractivity contribution in [2.45, 2.75) is 37.5 Å². The Kier molecular flexibility index (Phi) is 5.94. The summed E-state index contributed by atoms with van der Waals surface area (Å²) in [7, 11) is 4.60. The zero-order chi connectivity index (χ0) is 14.5. The van der Waals surface area contributed by atoms with Gasteiger partial charge in [-0.1, -0.05) is 19.8 Å². The first-order valence-electron chi connectivity index (χ1n) is 6.13. The lowest BCUT2D eigenvalue weighted by molar-refractivity contribution is 0.384. The second-order valence-corrected chi connectivity index (χ2v) is 6.72. The van der Waals surface area contributed by atoms with Crippen molar-refractivity contribution in [1.29, 1.82) is 0 Å². The maximum Gasteiger partial charge on any atom is 0.265 e. The minimum atomic E-state index is -3.85. The van der Waals surface area contributed by atoms with Crippen molar-refractivity contribution in [2.24, 2.45) is 0 Å². The molecule has 1 rings (SSSR count). The summed E-state index contributed by atoms with van der Waals surface area (Å²) < 4.78 is 33.7. The van der Waals surface area contributed by atoms with Crippen LogP contribution in [-0.2, 0) is 15.5 Å². The first-order chi connectivity index (χ1) is 8.93. The van der Waals surface area contributed by atoms with E-state index in [0.29, 0.717) is 17.7 Å². The average molecular weight is 307 g/mol. The Balaban J connectivity index is 3.30. The largest absolute Gasteiger partial charge is 0.497 e. The third kappa shape index (κ3) is 4.28. The number of ether oxygens (including phenoxy) is 2. The predicted octanol–water partition coefficient (Wildman–Crippen LogP) is 3.36. The molecule has 0 radical (unpaired) electrons. The molecule has 1 aromatic rings. The van der Waals surface area contributed by atoms with E-state index in [4.69, 9.17) is 20.2 Å². The molecule has 108 valence electrons. The second kappa shape index (κ2) is 7.01.